The average Bonchev–Trinajstić information content (AvgIpc) is 1.96. The molecule has 0 saturated carbocycles. The first-order valence-electron chi connectivity index (χ1n) is 4.49. The standard InChI is InChI=1S/C5H5ClN2O/c1-9-4-2-3-7-5(6)8-4/h2-3H,1H3/i1D3,2D,3D. The number of halogens is 1. The molecular weight excluding hydrogens is 140 g/mol. The predicted octanol–water partition coefficient (Wildman–Crippen LogP) is 1.14. The first kappa shape index (κ1) is 2.42. The minimum Gasteiger partial charge on any atom is -0.481 e. The fraction of sp³-hybridized carbons (Fsp3) is 0.200. The molecule has 0 radical (unpaired) electrons. The first-order chi connectivity index (χ1) is 6.29. The molecule has 0 saturated heterocycles. The molecule has 0 atom stereocenters. The fourth-order valence-electron chi connectivity index (χ4n) is 0.307. The van der Waals surface area contributed by atoms with E-state index in [-0.39, 0.29) is 5.28 Å². The Morgan fingerprint density at radius 3 is 3.67 bits per heavy atom. The normalized spacial score (nSPS) is 18.6. The molecule has 1 heterocycles. The van der Waals surface area contributed by atoms with Crippen LogP contribution in [0, 0.1) is 0 Å². The van der Waals surface area contributed by atoms with Crippen molar-refractivity contribution in [2.75, 3.05) is 7.04 Å². The molecular formula is C5H5ClN2O. The van der Waals surface area contributed by atoms with Crippen LogP contribution in [0.1, 0.15) is 6.85 Å². The molecule has 1 rings (SSSR count). The topological polar surface area (TPSA) is 35.0 Å². The summed E-state index contributed by atoms with van der Waals surface area (Å²) in [6, 6.07) is -0.509. The van der Waals surface area contributed by atoms with Gasteiger partial charge in [-0.05, 0) is 11.6 Å². The van der Waals surface area contributed by atoms with E-state index in [1.54, 1.807) is 0 Å². The van der Waals surface area contributed by atoms with Crippen LogP contribution >= 0.6 is 11.6 Å². The number of hydrogen-bond acceptors (Lipinski definition) is 3. The van der Waals surface area contributed by atoms with Crippen molar-refractivity contribution in [2.24, 2.45) is 0 Å². The number of hydrogen-bond donors (Lipinski definition) is 0. The number of aromatic nitrogens is 2. The van der Waals surface area contributed by atoms with E-state index < -0.39 is 25.1 Å². The molecule has 1 aromatic rings. The summed E-state index contributed by atoms with van der Waals surface area (Å²) in [6.07, 6.45) is -0.482. The van der Waals surface area contributed by atoms with Crippen molar-refractivity contribution >= 4 is 11.6 Å². The molecule has 0 fully saturated rings. The summed E-state index contributed by atoms with van der Waals surface area (Å²) in [5.74, 6) is -0.519. The zero-order valence-electron chi connectivity index (χ0n) is 9.18. The van der Waals surface area contributed by atoms with Gasteiger partial charge in [0.1, 0.15) is 0 Å². The Morgan fingerprint density at radius 2 is 2.89 bits per heavy atom. The van der Waals surface area contributed by atoms with Crippen LogP contribution in [0.2, 0.25) is 5.28 Å². The van der Waals surface area contributed by atoms with Crippen LogP contribution in [0.5, 0.6) is 5.88 Å². The van der Waals surface area contributed by atoms with Crippen molar-refractivity contribution in [3.8, 4) is 5.88 Å². The summed E-state index contributed by atoms with van der Waals surface area (Å²) in [7, 11) is -2.72. The Morgan fingerprint density at radius 1 is 2.00 bits per heavy atom. The molecule has 4 heteroatoms. The van der Waals surface area contributed by atoms with Crippen molar-refractivity contribution in [2.45, 2.75) is 0 Å². The summed E-state index contributed by atoms with van der Waals surface area (Å²) >= 11 is 5.36. The van der Waals surface area contributed by atoms with Crippen LogP contribution < -0.4 is 4.74 Å². The molecule has 0 bridgehead atoms. The number of ether oxygens (including phenoxy) is 1. The molecule has 48 valence electrons. The van der Waals surface area contributed by atoms with Gasteiger partial charge in [-0.3, -0.25) is 0 Å². The number of methoxy groups -OCH3 is 1. The first-order valence-corrected chi connectivity index (χ1v) is 2.37. The fourth-order valence-corrected chi connectivity index (χ4v) is 0.426. The van der Waals surface area contributed by atoms with Crippen molar-refractivity contribution in [3.05, 3.63) is 17.5 Å². The quantitative estimate of drug-likeness (QED) is 0.562. The van der Waals surface area contributed by atoms with Gasteiger partial charge < -0.3 is 4.74 Å². The molecule has 0 N–H and O–H groups in total. The highest BCUT2D eigenvalue weighted by atomic mass is 35.5. The zero-order valence-corrected chi connectivity index (χ0v) is 4.94. The highest BCUT2D eigenvalue weighted by molar-refractivity contribution is 6.28. The van der Waals surface area contributed by atoms with Gasteiger partial charge >= 0.3 is 0 Å². The smallest absolute Gasteiger partial charge is 0.225 e. The lowest BCUT2D eigenvalue weighted by Gasteiger charge is -1.94. The van der Waals surface area contributed by atoms with Crippen molar-refractivity contribution in [3.63, 3.8) is 0 Å². The Bertz CT molecular complexity index is 355. The molecule has 0 aliphatic rings. The maximum Gasteiger partial charge on any atom is 0.225 e. The summed E-state index contributed by atoms with van der Waals surface area (Å²) in [6.45, 7) is 0. The third-order valence-corrected chi connectivity index (χ3v) is 0.771. The van der Waals surface area contributed by atoms with Gasteiger partial charge in [-0.2, -0.15) is 4.98 Å². The predicted molar refractivity (Wildman–Crippen MR) is 33.6 cm³/mol. The van der Waals surface area contributed by atoms with Gasteiger partial charge in [0, 0.05) is 12.2 Å². The second-order valence-electron chi connectivity index (χ2n) is 1.14. The lowest BCUT2D eigenvalue weighted by atomic mass is 10.6. The molecule has 9 heavy (non-hydrogen) atoms. The second kappa shape index (κ2) is 2.64. The summed E-state index contributed by atoms with van der Waals surface area (Å²) in [5, 5.41) is -0.328. The van der Waals surface area contributed by atoms with Gasteiger partial charge in [-0.25, -0.2) is 4.98 Å². The highest BCUT2D eigenvalue weighted by Gasteiger charge is 1.91. The Kier molecular flexibility index (Phi) is 0.710. The number of nitrogens with zero attached hydrogens (tertiary/aromatic N) is 2. The Balaban J connectivity index is 3.09. The lowest BCUT2D eigenvalue weighted by molar-refractivity contribution is 0.397. The van der Waals surface area contributed by atoms with E-state index in [1.807, 2.05) is 0 Å². The molecule has 3 nitrogen and oxygen atoms in total. The van der Waals surface area contributed by atoms with Gasteiger partial charge in [0.05, 0.1) is 13.9 Å². The maximum absolute atomic E-state index is 7.23. The van der Waals surface area contributed by atoms with Gasteiger partial charge in [0.2, 0.25) is 11.2 Å². The summed E-state index contributed by atoms with van der Waals surface area (Å²) in [5.41, 5.74) is 0. The molecule has 0 aliphatic heterocycles. The summed E-state index contributed by atoms with van der Waals surface area (Å²) in [4.78, 5) is 6.72. The van der Waals surface area contributed by atoms with E-state index in [4.69, 9.17) is 18.5 Å². The van der Waals surface area contributed by atoms with E-state index >= 15 is 0 Å². The number of rotatable bonds is 1. The van der Waals surface area contributed by atoms with Crippen LogP contribution in [0.25, 0.3) is 0 Å². The zero-order chi connectivity index (χ0) is 10.9. The molecule has 1 aromatic heterocycles. The molecule has 0 aliphatic carbocycles. The van der Waals surface area contributed by atoms with Crippen LogP contribution in [0.3, 0.4) is 0 Å². The van der Waals surface area contributed by atoms with Crippen molar-refractivity contribution in [1.82, 2.24) is 9.97 Å². The van der Waals surface area contributed by atoms with E-state index in [1.165, 1.54) is 0 Å². The van der Waals surface area contributed by atoms with Crippen LogP contribution in [-0.4, -0.2) is 17.0 Å². The van der Waals surface area contributed by atoms with Crippen LogP contribution in [-0.2, 0) is 0 Å². The third-order valence-electron chi connectivity index (χ3n) is 0.601. The Labute approximate surface area is 64.7 Å². The van der Waals surface area contributed by atoms with Crippen molar-refractivity contribution < 1.29 is 11.6 Å². The molecule has 0 unspecified atom stereocenters. The monoisotopic (exact) mass is 149 g/mol. The minimum atomic E-state index is -2.72. The molecule has 0 spiro atoms. The average molecular weight is 150 g/mol. The van der Waals surface area contributed by atoms with Gasteiger partial charge in [-0.15, -0.1) is 0 Å². The molecule has 0 amide bonds. The van der Waals surface area contributed by atoms with Crippen molar-refractivity contribution in [1.29, 1.82) is 0 Å². The van der Waals surface area contributed by atoms with Gasteiger partial charge in [-0.1, -0.05) is 0 Å². The van der Waals surface area contributed by atoms with E-state index in [0.717, 1.165) is 0 Å². The lowest BCUT2D eigenvalue weighted by Crippen LogP contribution is -1.87. The summed E-state index contributed by atoms with van der Waals surface area (Å²) < 4.78 is 39.0. The van der Waals surface area contributed by atoms with Gasteiger partial charge in [0.25, 0.3) is 0 Å². The van der Waals surface area contributed by atoms with Gasteiger partial charge in [0.15, 0.2) is 0 Å². The van der Waals surface area contributed by atoms with E-state index in [2.05, 4.69) is 14.7 Å². The largest absolute Gasteiger partial charge is 0.481 e. The maximum atomic E-state index is 7.23. The highest BCUT2D eigenvalue weighted by Crippen LogP contribution is 2.06. The third kappa shape index (κ3) is 1.54. The minimum absolute atomic E-state index is 0.328. The molecule has 0 aromatic carbocycles. The SMILES string of the molecule is [2H]c1nc(Cl)nc(OC([2H])([2H])[2H])c1[2H]. The van der Waals surface area contributed by atoms with Crippen LogP contribution in [0.4, 0.5) is 0 Å². The second-order valence-corrected chi connectivity index (χ2v) is 1.47. The van der Waals surface area contributed by atoms with E-state index in [9.17, 15) is 0 Å². The van der Waals surface area contributed by atoms with E-state index in [0.29, 0.717) is 0 Å². The Hall–Kier alpha value is -0.830. The van der Waals surface area contributed by atoms with Crippen LogP contribution in [0.15, 0.2) is 12.2 Å².